The fourth-order valence-electron chi connectivity index (χ4n) is 2.80. The molecule has 2 saturated heterocycles. The smallest absolute Gasteiger partial charge is 0.222 e. The predicted molar refractivity (Wildman–Crippen MR) is 69.4 cm³/mol. The first-order valence-corrected chi connectivity index (χ1v) is 6.99. The Kier molecular flexibility index (Phi) is 4.28. The molecule has 0 saturated carbocycles. The Balaban J connectivity index is 1.76. The molecule has 0 aromatic heterocycles. The molecule has 4 heteroatoms. The van der Waals surface area contributed by atoms with Gasteiger partial charge in [0.1, 0.15) is 5.60 Å². The highest BCUT2D eigenvalue weighted by molar-refractivity contribution is 5.77. The molecule has 4 nitrogen and oxygen atoms in total. The number of methoxy groups -OCH3 is 1. The van der Waals surface area contributed by atoms with Crippen molar-refractivity contribution < 1.29 is 14.3 Å². The quantitative estimate of drug-likeness (QED) is 0.769. The van der Waals surface area contributed by atoms with E-state index in [0.29, 0.717) is 18.4 Å². The second-order valence-corrected chi connectivity index (χ2v) is 6.06. The van der Waals surface area contributed by atoms with Crippen LogP contribution in [-0.4, -0.2) is 49.3 Å². The molecule has 2 aliphatic heterocycles. The number of amides is 1. The van der Waals surface area contributed by atoms with Gasteiger partial charge in [-0.2, -0.15) is 0 Å². The van der Waals surface area contributed by atoms with Crippen molar-refractivity contribution in [3.05, 3.63) is 0 Å². The zero-order valence-electron chi connectivity index (χ0n) is 11.8. The van der Waals surface area contributed by atoms with Crippen LogP contribution in [0.25, 0.3) is 0 Å². The minimum atomic E-state index is -0.105. The maximum absolute atomic E-state index is 11.9. The summed E-state index contributed by atoms with van der Waals surface area (Å²) in [6, 6.07) is 0. The first kappa shape index (κ1) is 13.8. The lowest BCUT2D eigenvalue weighted by atomic mass is 9.84. The standard InChI is InChI=1S/C14H25NO3/c1-11(2)4-5-13(16)15-9-14(10-15)8-12(17-3)6-7-18-14/h11-12H,4-10H2,1-3H3/t12-/m0/s1. The fraction of sp³-hybridized carbons (Fsp3) is 0.929. The summed E-state index contributed by atoms with van der Waals surface area (Å²) in [6.07, 6.45) is 3.84. The molecule has 0 aromatic carbocycles. The summed E-state index contributed by atoms with van der Waals surface area (Å²) < 4.78 is 11.3. The summed E-state index contributed by atoms with van der Waals surface area (Å²) in [6.45, 7) is 6.57. The number of ether oxygens (including phenoxy) is 2. The summed E-state index contributed by atoms with van der Waals surface area (Å²) in [5.74, 6) is 0.866. The minimum Gasteiger partial charge on any atom is -0.381 e. The third kappa shape index (κ3) is 3.04. The molecular weight excluding hydrogens is 230 g/mol. The van der Waals surface area contributed by atoms with Gasteiger partial charge in [-0.15, -0.1) is 0 Å². The highest BCUT2D eigenvalue weighted by Crippen LogP contribution is 2.35. The molecule has 1 spiro atoms. The van der Waals surface area contributed by atoms with Crippen molar-refractivity contribution in [2.24, 2.45) is 5.92 Å². The molecule has 18 heavy (non-hydrogen) atoms. The molecule has 2 rings (SSSR count). The Morgan fingerprint density at radius 3 is 2.83 bits per heavy atom. The lowest BCUT2D eigenvalue weighted by Gasteiger charge is -2.53. The number of carbonyl (C=O) groups excluding carboxylic acids is 1. The third-order valence-corrected chi connectivity index (χ3v) is 4.03. The molecule has 1 amide bonds. The fourth-order valence-corrected chi connectivity index (χ4v) is 2.80. The van der Waals surface area contributed by atoms with E-state index >= 15 is 0 Å². The van der Waals surface area contributed by atoms with Crippen LogP contribution >= 0.6 is 0 Å². The van der Waals surface area contributed by atoms with Crippen LogP contribution in [0.4, 0.5) is 0 Å². The number of hydrogen-bond acceptors (Lipinski definition) is 3. The van der Waals surface area contributed by atoms with Gasteiger partial charge < -0.3 is 14.4 Å². The van der Waals surface area contributed by atoms with Crippen LogP contribution in [0.15, 0.2) is 0 Å². The van der Waals surface area contributed by atoms with Crippen molar-refractivity contribution in [3.63, 3.8) is 0 Å². The lowest BCUT2D eigenvalue weighted by molar-refractivity contribution is -0.198. The average Bonchev–Trinajstić information content (AvgIpc) is 2.33. The summed E-state index contributed by atoms with van der Waals surface area (Å²) in [7, 11) is 1.76. The van der Waals surface area contributed by atoms with E-state index in [1.54, 1.807) is 7.11 Å². The molecule has 0 bridgehead atoms. The number of likely N-dealkylation sites (tertiary alicyclic amines) is 1. The van der Waals surface area contributed by atoms with Gasteiger partial charge in [-0.05, 0) is 18.8 Å². The van der Waals surface area contributed by atoms with Crippen molar-refractivity contribution in [3.8, 4) is 0 Å². The topological polar surface area (TPSA) is 38.8 Å². The first-order chi connectivity index (χ1) is 8.54. The van der Waals surface area contributed by atoms with Gasteiger partial charge in [-0.1, -0.05) is 13.8 Å². The Morgan fingerprint density at radius 2 is 2.22 bits per heavy atom. The molecule has 0 radical (unpaired) electrons. The van der Waals surface area contributed by atoms with Crippen LogP contribution in [0.2, 0.25) is 0 Å². The van der Waals surface area contributed by atoms with Crippen molar-refractivity contribution in [1.29, 1.82) is 0 Å². The third-order valence-electron chi connectivity index (χ3n) is 4.03. The predicted octanol–water partition coefficient (Wildman–Crippen LogP) is 1.83. The van der Waals surface area contributed by atoms with Gasteiger partial charge in [0, 0.05) is 26.6 Å². The van der Waals surface area contributed by atoms with Crippen molar-refractivity contribution in [2.45, 2.75) is 51.2 Å². The van der Waals surface area contributed by atoms with E-state index in [-0.39, 0.29) is 11.5 Å². The highest BCUT2D eigenvalue weighted by Gasteiger charge is 2.49. The number of carbonyl (C=O) groups is 1. The zero-order valence-corrected chi connectivity index (χ0v) is 11.8. The Morgan fingerprint density at radius 1 is 1.50 bits per heavy atom. The maximum Gasteiger partial charge on any atom is 0.222 e. The molecule has 2 fully saturated rings. The molecule has 2 heterocycles. The van der Waals surface area contributed by atoms with Crippen molar-refractivity contribution in [2.75, 3.05) is 26.8 Å². The minimum absolute atomic E-state index is 0.105. The molecule has 0 unspecified atom stereocenters. The second-order valence-electron chi connectivity index (χ2n) is 6.06. The van der Waals surface area contributed by atoms with Crippen LogP contribution < -0.4 is 0 Å². The van der Waals surface area contributed by atoms with Crippen LogP contribution in [0.1, 0.15) is 39.5 Å². The number of hydrogen-bond donors (Lipinski definition) is 0. The molecule has 0 aliphatic carbocycles. The maximum atomic E-state index is 11.9. The van der Waals surface area contributed by atoms with Crippen molar-refractivity contribution in [1.82, 2.24) is 4.90 Å². The molecule has 0 aromatic rings. The van der Waals surface area contributed by atoms with Gasteiger partial charge in [-0.25, -0.2) is 0 Å². The SMILES string of the molecule is CO[C@H]1CCOC2(C1)CN(C(=O)CCC(C)C)C2. The van der Waals surface area contributed by atoms with Gasteiger partial charge in [0.15, 0.2) is 0 Å². The zero-order chi connectivity index (χ0) is 13.2. The molecular formula is C14H25NO3. The van der Waals surface area contributed by atoms with E-state index in [0.717, 1.165) is 39.0 Å². The Labute approximate surface area is 110 Å². The van der Waals surface area contributed by atoms with E-state index in [4.69, 9.17) is 9.47 Å². The highest BCUT2D eigenvalue weighted by atomic mass is 16.5. The largest absolute Gasteiger partial charge is 0.381 e. The average molecular weight is 255 g/mol. The summed E-state index contributed by atoms with van der Waals surface area (Å²) in [5, 5.41) is 0. The normalized spacial score (nSPS) is 26.4. The van der Waals surface area contributed by atoms with Gasteiger partial charge in [0.05, 0.1) is 19.2 Å². The van der Waals surface area contributed by atoms with Gasteiger partial charge in [-0.3, -0.25) is 4.79 Å². The van der Waals surface area contributed by atoms with Crippen molar-refractivity contribution >= 4 is 5.91 Å². The lowest BCUT2D eigenvalue weighted by Crippen LogP contribution is -2.67. The Hall–Kier alpha value is -0.610. The monoisotopic (exact) mass is 255 g/mol. The van der Waals surface area contributed by atoms with E-state index in [9.17, 15) is 4.79 Å². The van der Waals surface area contributed by atoms with Crippen LogP contribution in [0, 0.1) is 5.92 Å². The number of rotatable bonds is 4. The van der Waals surface area contributed by atoms with E-state index in [1.807, 2.05) is 4.90 Å². The van der Waals surface area contributed by atoms with Gasteiger partial charge >= 0.3 is 0 Å². The first-order valence-electron chi connectivity index (χ1n) is 6.99. The van der Waals surface area contributed by atoms with Crippen LogP contribution in [0.3, 0.4) is 0 Å². The van der Waals surface area contributed by atoms with Crippen LogP contribution in [0.5, 0.6) is 0 Å². The molecule has 104 valence electrons. The van der Waals surface area contributed by atoms with Gasteiger partial charge in [0.2, 0.25) is 5.91 Å². The van der Waals surface area contributed by atoms with E-state index in [2.05, 4.69) is 13.8 Å². The molecule has 2 aliphatic rings. The summed E-state index contributed by atoms with van der Waals surface area (Å²) >= 11 is 0. The van der Waals surface area contributed by atoms with Gasteiger partial charge in [0.25, 0.3) is 0 Å². The molecule has 1 atom stereocenters. The number of nitrogens with zero attached hydrogens (tertiary/aromatic N) is 1. The van der Waals surface area contributed by atoms with Crippen LogP contribution in [-0.2, 0) is 14.3 Å². The summed E-state index contributed by atoms with van der Waals surface area (Å²) in [5.41, 5.74) is -0.105. The molecule has 0 N–H and O–H groups in total. The van der Waals surface area contributed by atoms with E-state index in [1.165, 1.54) is 0 Å². The summed E-state index contributed by atoms with van der Waals surface area (Å²) in [4.78, 5) is 13.9. The Bertz CT molecular complexity index is 297. The van der Waals surface area contributed by atoms with E-state index < -0.39 is 0 Å². The second kappa shape index (κ2) is 5.57.